The van der Waals surface area contributed by atoms with Crippen LogP contribution in [0.4, 0.5) is 0 Å². The third kappa shape index (κ3) is 3.41. The van der Waals surface area contributed by atoms with E-state index >= 15 is 0 Å². The van der Waals surface area contributed by atoms with Crippen molar-refractivity contribution in [3.8, 4) is 0 Å². The molecule has 122 valence electrons. The molecule has 0 saturated carbocycles. The number of hydrazone groups is 1. The van der Waals surface area contributed by atoms with Crippen LogP contribution in [0.1, 0.15) is 16.8 Å². The number of hydrogen-bond donors (Lipinski definition) is 1. The van der Waals surface area contributed by atoms with Gasteiger partial charge in [-0.25, -0.2) is 5.43 Å². The summed E-state index contributed by atoms with van der Waals surface area (Å²) in [7, 11) is 2.03. The van der Waals surface area contributed by atoms with Gasteiger partial charge in [-0.3, -0.25) is 4.79 Å². The lowest BCUT2D eigenvalue weighted by molar-refractivity contribution is -0.120. The molecule has 0 aliphatic heterocycles. The zero-order valence-corrected chi connectivity index (χ0v) is 15.2. The topological polar surface area (TPSA) is 46.4 Å². The van der Waals surface area contributed by atoms with E-state index in [4.69, 9.17) is 0 Å². The Morgan fingerprint density at radius 2 is 1.92 bits per heavy atom. The van der Waals surface area contributed by atoms with Crippen molar-refractivity contribution in [2.24, 2.45) is 12.1 Å². The lowest BCUT2D eigenvalue weighted by Crippen LogP contribution is -2.19. The third-order valence-electron chi connectivity index (χ3n) is 4.11. The number of fused-ring (bicyclic) bond motifs is 1. The average Bonchev–Trinajstić information content (AvgIpc) is 2.82. The number of amides is 1. The minimum absolute atomic E-state index is 0.133. The summed E-state index contributed by atoms with van der Waals surface area (Å²) in [6.07, 6.45) is 2.02. The van der Waals surface area contributed by atoms with Crippen LogP contribution >= 0.6 is 15.9 Å². The zero-order chi connectivity index (χ0) is 17.1. The number of hydrogen-bond acceptors (Lipinski definition) is 2. The second-order valence-corrected chi connectivity index (χ2v) is 6.59. The van der Waals surface area contributed by atoms with Crippen molar-refractivity contribution in [2.45, 2.75) is 13.3 Å². The Balaban J connectivity index is 1.71. The predicted octanol–water partition coefficient (Wildman–Crippen LogP) is 3.94. The van der Waals surface area contributed by atoms with Gasteiger partial charge in [0, 0.05) is 33.7 Å². The van der Waals surface area contributed by atoms with Crippen molar-refractivity contribution in [1.82, 2.24) is 9.99 Å². The fraction of sp³-hybridized carbons (Fsp3) is 0.158. The molecule has 0 fully saturated rings. The number of carbonyl (C=O) groups excluding carboxylic acids is 1. The monoisotopic (exact) mass is 383 g/mol. The minimum Gasteiger partial charge on any atom is -0.347 e. The molecule has 0 saturated heterocycles. The first-order valence-corrected chi connectivity index (χ1v) is 8.46. The van der Waals surface area contributed by atoms with Gasteiger partial charge in [0.25, 0.3) is 0 Å². The van der Waals surface area contributed by atoms with E-state index in [9.17, 15) is 4.79 Å². The molecule has 1 heterocycles. The number of carbonyl (C=O) groups is 1. The second kappa shape index (κ2) is 7.01. The van der Waals surface area contributed by atoms with Gasteiger partial charge in [-0.2, -0.15) is 5.10 Å². The first kappa shape index (κ1) is 16.5. The summed E-state index contributed by atoms with van der Waals surface area (Å²) in [5, 5.41) is 5.26. The number of aryl methyl sites for hydroxylation is 1. The number of nitrogens with one attached hydrogen (secondary N) is 1. The van der Waals surface area contributed by atoms with Crippen LogP contribution in [0, 0.1) is 6.92 Å². The van der Waals surface area contributed by atoms with Gasteiger partial charge >= 0.3 is 0 Å². The fourth-order valence-electron chi connectivity index (χ4n) is 2.71. The summed E-state index contributed by atoms with van der Waals surface area (Å²) in [6.45, 7) is 2.05. The first-order chi connectivity index (χ1) is 11.6. The molecule has 1 N–H and O–H groups in total. The second-order valence-electron chi connectivity index (χ2n) is 5.67. The van der Waals surface area contributed by atoms with Crippen LogP contribution < -0.4 is 5.43 Å². The van der Waals surface area contributed by atoms with Crippen LogP contribution in [0.25, 0.3) is 10.9 Å². The molecule has 4 nitrogen and oxygen atoms in total. The van der Waals surface area contributed by atoms with Gasteiger partial charge in [-0.15, -0.1) is 0 Å². The molecule has 0 radical (unpaired) electrons. The molecule has 0 unspecified atom stereocenters. The summed E-state index contributed by atoms with van der Waals surface area (Å²) in [5.41, 5.74) is 6.84. The average molecular weight is 384 g/mol. The number of nitrogens with zero attached hydrogens (tertiary/aromatic N) is 2. The number of benzene rings is 2. The summed E-state index contributed by atoms with van der Waals surface area (Å²) in [4.78, 5) is 12.0. The van der Waals surface area contributed by atoms with E-state index in [-0.39, 0.29) is 5.91 Å². The van der Waals surface area contributed by atoms with Crippen molar-refractivity contribution in [3.05, 3.63) is 69.8 Å². The Labute approximate surface area is 149 Å². The third-order valence-corrected chi connectivity index (χ3v) is 4.64. The standard InChI is InChI=1S/C19H18BrN3O/c1-13-17(16-5-3-4-6-18(16)23(13)2)12-21-22-19(24)11-14-7-9-15(20)10-8-14/h3-10,12H,11H2,1-2H3,(H,22,24)/b21-12+. The van der Waals surface area contributed by atoms with Crippen molar-refractivity contribution in [2.75, 3.05) is 0 Å². The van der Waals surface area contributed by atoms with Crippen LogP contribution in [0.2, 0.25) is 0 Å². The van der Waals surface area contributed by atoms with E-state index in [1.807, 2.05) is 50.4 Å². The van der Waals surface area contributed by atoms with Crippen molar-refractivity contribution >= 4 is 39.0 Å². The highest BCUT2D eigenvalue weighted by Gasteiger charge is 2.09. The Morgan fingerprint density at radius 1 is 1.21 bits per heavy atom. The van der Waals surface area contributed by atoms with Crippen LogP contribution in [-0.4, -0.2) is 16.7 Å². The molecule has 1 aromatic heterocycles. The lowest BCUT2D eigenvalue weighted by Gasteiger charge is -2.01. The molecule has 24 heavy (non-hydrogen) atoms. The molecule has 3 aromatic rings. The number of para-hydroxylation sites is 1. The van der Waals surface area contributed by atoms with Crippen molar-refractivity contribution in [1.29, 1.82) is 0 Å². The molecule has 3 rings (SSSR count). The number of halogens is 1. The molecule has 0 spiro atoms. The van der Waals surface area contributed by atoms with E-state index in [0.29, 0.717) is 6.42 Å². The van der Waals surface area contributed by atoms with Gasteiger partial charge in [-0.05, 0) is 30.7 Å². The van der Waals surface area contributed by atoms with Crippen LogP contribution in [-0.2, 0) is 18.3 Å². The van der Waals surface area contributed by atoms with Crippen LogP contribution in [0.5, 0.6) is 0 Å². The van der Waals surface area contributed by atoms with Gasteiger partial charge in [-0.1, -0.05) is 46.3 Å². The maximum atomic E-state index is 12.0. The normalized spacial score (nSPS) is 11.3. The van der Waals surface area contributed by atoms with E-state index in [1.54, 1.807) is 6.21 Å². The van der Waals surface area contributed by atoms with Gasteiger partial charge in [0.05, 0.1) is 12.6 Å². The van der Waals surface area contributed by atoms with E-state index in [0.717, 1.165) is 32.2 Å². The summed E-state index contributed by atoms with van der Waals surface area (Å²) in [5.74, 6) is -0.133. The summed E-state index contributed by atoms with van der Waals surface area (Å²) >= 11 is 3.38. The van der Waals surface area contributed by atoms with E-state index in [2.05, 4.69) is 43.2 Å². The molecule has 0 aliphatic carbocycles. The van der Waals surface area contributed by atoms with Gasteiger partial charge in [0.2, 0.25) is 5.91 Å². The van der Waals surface area contributed by atoms with Gasteiger partial charge < -0.3 is 4.57 Å². The zero-order valence-electron chi connectivity index (χ0n) is 13.6. The summed E-state index contributed by atoms with van der Waals surface area (Å²) < 4.78 is 3.12. The SMILES string of the molecule is Cc1c(/C=N/NC(=O)Cc2ccc(Br)cc2)c2ccccc2n1C. The number of aromatic nitrogens is 1. The van der Waals surface area contributed by atoms with E-state index in [1.165, 1.54) is 0 Å². The van der Waals surface area contributed by atoms with Crippen LogP contribution in [0.15, 0.2) is 58.1 Å². The van der Waals surface area contributed by atoms with Crippen LogP contribution in [0.3, 0.4) is 0 Å². The maximum absolute atomic E-state index is 12.0. The summed E-state index contributed by atoms with van der Waals surface area (Å²) in [6, 6.07) is 15.8. The first-order valence-electron chi connectivity index (χ1n) is 7.66. The van der Waals surface area contributed by atoms with E-state index < -0.39 is 0 Å². The molecule has 0 aliphatic rings. The molecule has 0 atom stereocenters. The largest absolute Gasteiger partial charge is 0.347 e. The molecule has 5 heteroatoms. The maximum Gasteiger partial charge on any atom is 0.244 e. The molecular formula is C19H18BrN3O. The van der Waals surface area contributed by atoms with Crippen molar-refractivity contribution < 1.29 is 4.79 Å². The van der Waals surface area contributed by atoms with Crippen molar-refractivity contribution in [3.63, 3.8) is 0 Å². The fourth-order valence-corrected chi connectivity index (χ4v) is 2.97. The highest BCUT2D eigenvalue weighted by Crippen LogP contribution is 2.22. The van der Waals surface area contributed by atoms with Gasteiger partial charge in [0.1, 0.15) is 0 Å². The lowest BCUT2D eigenvalue weighted by atomic mass is 10.1. The smallest absolute Gasteiger partial charge is 0.244 e. The molecule has 0 bridgehead atoms. The molecular weight excluding hydrogens is 366 g/mol. The predicted molar refractivity (Wildman–Crippen MR) is 101 cm³/mol. The Morgan fingerprint density at radius 3 is 2.67 bits per heavy atom. The highest BCUT2D eigenvalue weighted by atomic mass is 79.9. The Hall–Kier alpha value is -2.40. The minimum atomic E-state index is -0.133. The molecule has 1 amide bonds. The van der Waals surface area contributed by atoms with Gasteiger partial charge in [0.15, 0.2) is 0 Å². The Kier molecular flexibility index (Phi) is 4.81. The highest BCUT2D eigenvalue weighted by molar-refractivity contribution is 9.10. The molecule has 2 aromatic carbocycles. The quantitative estimate of drug-likeness (QED) is 0.538. The Bertz CT molecular complexity index is 910. The number of rotatable bonds is 4.